The second-order valence-electron chi connectivity index (χ2n) is 5.16. The Labute approximate surface area is 126 Å². The molecule has 1 aliphatic heterocycles. The van der Waals surface area contributed by atoms with E-state index < -0.39 is 10.0 Å². The topological polar surface area (TPSA) is 57.6 Å². The molecule has 0 aromatic heterocycles. The quantitative estimate of drug-likeness (QED) is 0.850. The zero-order chi connectivity index (χ0) is 15.1. The van der Waals surface area contributed by atoms with Crippen molar-refractivity contribution in [3.05, 3.63) is 29.8 Å². The van der Waals surface area contributed by atoms with Crippen LogP contribution in [0.1, 0.15) is 37.7 Å². The molecule has 2 rings (SSSR count). The zero-order valence-electron chi connectivity index (χ0n) is 12.1. The van der Waals surface area contributed by atoms with Crippen molar-refractivity contribution in [3.63, 3.8) is 0 Å². The van der Waals surface area contributed by atoms with Gasteiger partial charge in [-0.25, -0.2) is 8.42 Å². The number of hydrogen-bond donors (Lipinski definition) is 1. The van der Waals surface area contributed by atoms with Crippen LogP contribution in [0.25, 0.3) is 0 Å². The summed E-state index contributed by atoms with van der Waals surface area (Å²) in [6.07, 6.45) is 5.26. The van der Waals surface area contributed by atoms with Crippen molar-refractivity contribution in [2.75, 3.05) is 19.7 Å². The molecule has 114 valence electrons. The van der Waals surface area contributed by atoms with E-state index >= 15 is 0 Å². The predicted octanol–water partition coefficient (Wildman–Crippen LogP) is 1.99. The standard InChI is InChI=1S/C16H21NO3S/c18-14-6-7-15-8-10-16(11-9-15)21(19,20)17-12-4-2-1-3-5-13-17/h8-11,18H,1-5,12-14H2. The summed E-state index contributed by atoms with van der Waals surface area (Å²) in [7, 11) is -3.40. The van der Waals surface area contributed by atoms with Gasteiger partial charge in [0.2, 0.25) is 10.0 Å². The average molecular weight is 307 g/mol. The molecule has 0 aliphatic carbocycles. The van der Waals surface area contributed by atoms with E-state index in [1.54, 1.807) is 28.6 Å². The summed E-state index contributed by atoms with van der Waals surface area (Å²) in [5.74, 6) is 5.31. The van der Waals surface area contributed by atoms with Gasteiger partial charge in [0.1, 0.15) is 6.61 Å². The molecule has 1 aromatic rings. The van der Waals surface area contributed by atoms with E-state index in [-0.39, 0.29) is 6.61 Å². The molecule has 1 fully saturated rings. The van der Waals surface area contributed by atoms with Crippen molar-refractivity contribution in [1.29, 1.82) is 0 Å². The lowest BCUT2D eigenvalue weighted by molar-refractivity contribution is 0.350. The molecular weight excluding hydrogens is 286 g/mol. The summed E-state index contributed by atoms with van der Waals surface area (Å²) in [5.41, 5.74) is 0.704. The second kappa shape index (κ2) is 7.60. The highest BCUT2D eigenvalue weighted by Gasteiger charge is 2.24. The summed E-state index contributed by atoms with van der Waals surface area (Å²) in [6, 6.07) is 6.55. The molecule has 1 aromatic carbocycles. The van der Waals surface area contributed by atoms with Crippen LogP contribution in [0.2, 0.25) is 0 Å². The molecule has 0 bridgehead atoms. The van der Waals surface area contributed by atoms with E-state index in [9.17, 15) is 8.42 Å². The SMILES string of the molecule is O=S(=O)(c1ccc(C#CCO)cc1)N1CCCCCCC1. The van der Waals surface area contributed by atoms with Crippen molar-refractivity contribution in [1.82, 2.24) is 4.31 Å². The lowest BCUT2D eigenvalue weighted by Crippen LogP contribution is -2.33. The fraction of sp³-hybridized carbons (Fsp3) is 0.500. The number of aliphatic hydroxyl groups excluding tert-OH is 1. The largest absolute Gasteiger partial charge is 0.384 e. The molecule has 21 heavy (non-hydrogen) atoms. The van der Waals surface area contributed by atoms with Crippen LogP contribution in [0.5, 0.6) is 0 Å². The Morgan fingerprint density at radius 2 is 1.57 bits per heavy atom. The van der Waals surface area contributed by atoms with Gasteiger partial charge in [-0.2, -0.15) is 4.31 Å². The van der Waals surface area contributed by atoms with Crippen LogP contribution >= 0.6 is 0 Å². The fourth-order valence-electron chi connectivity index (χ4n) is 2.46. The molecule has 0 saturated carbocycles. The molecule has 0 atom stereocenters. The van der Waals surface area contributed by atoms with Gasteiger partial charge in [0.05, 0.1) is 4.90 Å². The number of hydrogen-bond acceptors (Lipinski definition) is 3. The number of benzene rings is 1. The van der Waals surface area contributed by atoms with Crippen LogP contribution in [0.4, 0.5) is 0 Å². The lowest BCUT2D eigenvalue weighted by atomic mass is 10.1. The summed E-state index contributed by atoms with van der Waals surface area (Å²) in [6.45, 7) is 1.01. The number of rotatable bonds is 2. The highest BCUT2D eigenvalue weighted by molar-refractivity contribution is 7.89. The molecule has 0 unspecified atom stereocenters. The number of sulfonamides is 1. The van der Waals surface area contributed by atoms with Crippen molar-refractivity contribution in [2.45, 2.75) is 37.0 Å². The van der Waals surface area contributed by atoms with Crippen LogP contribution in [-0.2, 0) is 10.0 Å². The van der Waals surface area contributed by atoms with Gasteiger partial charge in [-0.15, -0.1) is 0 Å². The first kappa shape index (κ1) is 16.0. The first-order valence-electron chi connectivity index (χ1n) is 7.34. The van der Waals surface area contributed by atoms with Crippen LogP contribution in [0.15, 0.2) is 29.2 Å². The maximum Gasteiger partial charge on any atom is 0.243 e. The van der Waals surface area contributed by atoms with Crippen LogP contribution in [0, 0.1) is 11.8 Å². The molecular formula is C16H21NO3S. The van der Waals surface area contributed by atoms with Gasteiger partial charge in [0.25, 0.3) is 0 Å². The van der Waals surface area contributed by atoms with Crippen LogP contribution in [-0.4, -0.2) is 37.5 Å². The summed E-state index contributed by atoms with van der Waals surface area (Å²) >= 11 is 0. The van der Waals surface area contributed by atoms with E-state index in [1.807, 2.05) is 0 Å². The van der Waals surface area contributed by atoms with Crippen molar-refractivity contribution in [2.24, 2.45) is 0 Å². The third kappa shape index (κ3) is 4.31. The van der Waals surface area contributed by atoms with E-state index in [4.69, 9.17) is 5.11 Å². The normalized spacial score (nSPS) is 17.4. The molecule has 1 N–H and O–H groups in total. The first-order valence-corrected chi connectivity index (χ1v) is 8.78. The third-order valence-corrected chi connectivity index (χ3v) is 5.53. The molecule has 1 aliphatic rings. The van der Waals surface area contributed by atoms with Gasteiger partial charge < -0.3 is 5.11 Å². The van der Waals surface area contributed by atoms with Crippen molar-refractivity contribution < 1.29 is 13.5 Å². The lowest BCUT2D eigenvalue weighted by Gasteiger charge is -2.24. The number of nitrogens with zero attached hydrogens (tertiary/aromatic N) is 1. The Bertz CT molecular complexity index is 603. The van der Waals surface area contributed by atoms with Crippen molar-refractivity contribution in [3.8, 4) is 11.8 Å². The van der Waals surface area contributed by atoms with E-state index in [0.717, 1.165) is 25.7 Å². The fourth-order valence-corrected chi connectivity index (χ4v) is 3.98. The highest BCUT2D eigenvalue weighted by atomic mass is 32.2. The minimum atomic E-state index is -3.40. The monoisotopic (exact) mass is 307 g/mol. The van der Waals surface area contributed by atoms with Gasteiger partial charge in [0.15, 0.2) is 0 Å². The summed E-state index contributed by atoms with van der Waals surface area (Å²) in [5, 5.41) is 8.66. The van der Waals surface area contributed by atoms with Crippen molar-refractivity contribution >= 4 is 10.0 Å². The van der Waals surface area contributed by atoms with E-state index in [0.29, 0.717) is 23.5 Å². The molecule has 1 saturated heterocycles. The van der Waals surface area contributed by atoms with Gasteiger partial charge in [-0.05, 0) is 37.1 Å². The zero-order valence-corrected chi connectivity index (χ0v) is 12.9. The minimum absolute atomic E-state index is 0.201. The maximum atomic E-state index is 12.6. The predicted molar refractivity (Wildman–Crippen MR) is 82.2 cm³/mol. The van der Waals surface area contributed by atoms with E-state index in [2.05, 4.69) is 11.8 Å². The number of aliphatic hydroxyl groups is 1. The molecule has 1 heterocycles. The average Bonchev–Trinajstić information content (AvgIpc) is 2.45. The molecule has 5 heteroatoms. The minimum Gasteiger partial charge on any atom is -0.384 e. The maximum absolute atomic E-state index is 12.6. The Kier molecular flexibility index (Phi) is 5.80. The molecule has 4 nitrogen and oxygen atoms in total. The van der Waals surface area contributed by atoms with Gasteiger partial charge in [-0.3, -0.25) is 0 Å². The van der Waals surface area contributed by atoms with Gasteiger partial charge in [0, 0.05) is 18.7 Å². The summed E-state index contributed by atoms with van der Waals surface area (Å²) in [4.78, 5) is 0.317. The molecule has 0 amide bonds. The Morgan fingerprint density at radius 3 is 2.14 bits per heavy atom. The second-order valence-corrected chi connectivity index (χ2v) is 7.09. The first-order chi connectivity index (χ1) is 10.1. The highest BCUT2D eigenvalue weighted by Crippen LogP contribution is 2.20. The van der Waals surface area contributed by atoms with Crippen LogP contribution in [0.3, 0.4) is 0 Å². The van der Waals surface area contributed by atoms with E-state index in [1.165, 1.54) is 6.42 Å². The van der Waals surface area contributed by atoms with Gasteiger partial charge in [-0.1, -0.05) is 31.1 Å². The van der Waals surface area contributed by atoms with Gasteiger partial charge >= 0.3 is 0 Å². The van der Waals surface area contributed by atoms with Crippen LogP contribution < -0.4 is 0 Å². The summed E-state index contributed by atoms with van der Waals surface area (Å²) < 4.78 is 26.9. The Hall–Kier alpha value is -1.35. The molecule has 0 radical (unpaired) electrons. The molecule has 0 spiro atoms. The third-order valence-electron chi connectivity index (χ3n) is 3.62. The smallest absolute Gasteiger partial charge is 0.243 e. The Morgan fingerprint density at radius 1 is 1.00 bits per heavy atom. The Balaban J connectivity index is 2.17.